The Morgan fingerprint density at radius 1 is 1.41 bits per heavy atom. The minimum absolute atomic E-state index is 0.169. The number of hydrogen-bond donors (Lipinski definition) is 2. The molecule has 4 nitrogen and oxygen atoms in total. The van der Waals surface area contributed by atoms with Gasteiger partial charge in [-0.15, -0.1) is 0 Å². The lowest BCUT2D eigenvalue weighted by atomic mass is 10.1. The number of nitrogens with zero attached hydrogens (tertiary/aromatic N) is 1. The van der Waals surface area contributed by atoms with Crippen LogP contribution in [0.4, 0.5) is 8.78 Å². The largest absolute Gasteiger partial charge is 0.394 e. The molecule has 1 atom stereocenters. The van der Waals surface area contributed by atoms with Crippen molar-refractivity contribution in [2.75, 3.05) is 13.2 Å². The molecule has 1 amide bonds. The number of fused-ring (bicyclic) bond motifs is 1. The van der Waals surface area contributed by atoms with Gasteiger partial charge in [0.15, 0.2) is 0 Å². The second-order valence-corrected chi connectivity index (χ2v) is 5.82. The van der Waals surface area contributed by atoms with Gasteiger partial charge in [-0.3, -0.25) is 4.79 Å². The lowest BCUT2D eigenvalue weighted by molar-refractivity contribution is -0.133. The zero-order valence-corrected chi connectivity index (χ0v) is 12.1. The Morgan fingerprint density at radius 2 is 2.23 bits per heavy atom. The van der Waals surface area contributed by atoms with E-state index in [9.17, 15) is 13.6 Å². The maximum Gasteiger partial charge on any atom is 0.267 e. The number of aromatic amines is 1. The molecule has 0 aliphatic carbocycles. The first-order valence-electron chi connectivity index (χ1n) is 7.33. The van der Waals surface area contributed by atoms with Crippen molar-refractivity contribution >= 4 is 16.8 Å². The molecule has 2 aromatic rings. The highest BCUT2D eigenvalue weighted by Crippen LogP contribution is 2.32. The summed E-state index contributed by atoms with van der Waals surface area (Å²) in [5, 5.41) is 10.2. The average molecular weight is 308 g/mol. The SMILES string of the molecule is O=C(CCc1ccc2[nH]ccc2c1)N1CC(F)(F)CC1CO. The Morgan fingerprint density at radius 3 is 3.00 bits per heavy atom. The van der Waals surface area contributed by atoms with Crippen molar-refractivity contribution in [1.29, 1.82) is 0 Å². The molecule has 1 aliphatic rings. The van der Waals surface area contributed by atoms with Crippen molar-refractivity contribution in [3.05, 3.63) is 36.0 Å². The predicted octanol–water partition coefficient (Wildman–Crippen LogP) is 2.33. The molecular formula is C16H18F2N2O2. The Bertz CT molecular complexity index is 684. The van der Waals surface area contributed by atoms with Crippen LogP contribution >= 0.6 is 0 Å². The molecule has 0 radical (unpaired) electrons. The number of carbonyl (C=O) groups excluding carboxylic acids is 1. The number of carbonyl (C=O) groups is 1. The van der Waals surface area contributed by atoms with Crippen LogP contribution in [0.2, 0.25) is 0 Å². The van der Waals surface area contributed by atoms with Gasteiger partial charge in [0.05, 0.1) is 19.2 Å². The summed E-state index contributed by atoms with van der Waals surface area (Å²) in [5.74, 6) is -3.22. The van der Waals surface area contributed by atoms with Crippen LogP contribution in [0, 0.1) is 0 Å². The molecule has 1 aromatic carbocycles. The molecule has 1 unspecified atom stereocenters. The molecule has 2 heterocycles. The third-order valence-corrected chi connectivity index (χ3v) is 4.15. The van der Waals surface area contributed by atoms with Crippen molar-refractivity contribution < 1.29 is 18.7 Å². The van der Waals surface area contributed by atoms with Crippen LogP contribution < -0.4 is 0 Å². The maximum absolute atomic E-state index is 13.4. The van der Waals surface area contributed by atoms with Gasteiger partial charge in [0.2, 0.25) is 5.91 Å². The molecule has 1 aliphatic heterocycles. The minimum atomic E-state index is -2.90. The summed E-state index contributed by atoms with van der Waals surface area (Å²) in [6.45, 7) is -1.01. The lowest BCUT2D eigenvalue weighted by Gasteiger charge is -2.22. The van der Waals surface area contributed by atoms with Crippen LogP contribution in [-0.2, 0) is 11.2 Å². The van der Waals surface area contributed by atoms with Crippen molar-refractivity contribution in [3.63, 3.8) is 0 Å². The number of rotatable bonds is 4. The van der Waals surface area contributed by atoms with Crippen molar-refractivity contribution in [2.24, 2.45) is 0 Å². The molecule has 1 aromatic heterocycles. The zero-order chi connectivity index (χ0) is 15.7. The highest BCUT2D eigenvalue weighted by Gasteiger charge is 2.46. The van der Waals surface area contributed by atoms with E-state index in [-0.39, 0.29) is 12.3 Å². The summed E-state index contributed by atoms with van der Waals surface area (Å²) in [4.78, 5) is 16.4. The molecule has 3 rings (SSSR count). The summed E-state index contributed by atoms with van der Waals surface area (Å²) in [5.41, 5.74) is 2.02. The highest BCUT2D eigenvalue weighted by molar-refractivity contribution is 5.80. The van der Waals surface area contributed by atoms with E-state index in [1.807, 2.05) is 30.5 Å². The number of likely N-dealkylation sites (tertiary alicyclic amines) is 1. The molecule has 118 valence electrons. The number of aliphatic hydroxyl groups excluding tert-OH is 1. The molecule has 2 N–H and O–H groups in total. The summed E-state index contributed by atoms with van der Waals surface area (Å²) in [6.07, 6.45) is 2.06. The Balaban J connectivity index is 1.64. The fourth-order valence-corrected chi connectivity index (χ4v) is 3.01. The third kappa shape index (κ3) is 2.97. The lowest BCUT2D eigenvalue weighted by Crippen LogP contribution is -2.38. The standard InChI is InChI=1S/C16H18F2N2O2/c17-16(18)8-13(9-21)20(10-16)15(22)4-2-11-1-3-14-12(7-11)5-6-19-14/h1,3,5-7,13,19,21H,2,4,8-10H2. The number of nitrogens with one attached hydrogen (secondary N) is 1. The number of benzene rings is 1. The van der Waals surface area contributed by atoms with Crippen LogP contribution in [0.15, 0.2) is 30.5 Å². The molecule has 1 saturated heterocycles. The van der Waals surface area contributed by atoms with E-state index >= 15 is 0 Å². The molecule has 0 spiro atoms. The monoisotopic (exact) mass is 308 g/mol. The van der Waals surface area contributed by atoms with Crippen molar-refractivity contribution in [2.45, 2.75) is 31.2 Å². The molecular weight excluding hydrogens is 290 g/mol. The van der Waals surface area contributed by atoms with Gasteiger partial charge in [0.1, 0.15) is 0 Å². The number of halogens is 2. The average Bonchev–Trinajstić information content (AvgIpc) is 3.07. The quantitative estimate of drug-likeness (QED) is 0.911. The molecule has 0 bridgehead atoms. The maximum atomic E-state index is 13.4. The zero-order valence-electron chi connectivity index (χ0n) is 12.1. The minimum Gasteiger partial charge on any atom is -0.394 e. The van der Waals surface area contributed by atoms with Gasteiger partial charge >= 0.3 is 0 Å². The summed E-state index contributed by atoms with van der Waals surface area (Å²) >= 11 is 0. The first-order chi connectivity index (χ1) is 10.5. The van der Waals surface area contributed by atoms with E-state index in [4.69, 9.17) is 5.11 Å². The van der Waals surface area contributed by atoms with Crippen molar-refractivity contribution in [1.82, 2.24) is 9.88 Å². The van der Waals surface area contributed by atoms with Gasteiger partial charge in [-0.2, -0.15) is 0 Å². The van der Waals surface area contributed by atoms with Gasteiger partial charge in [0, 0.05) is 24.6 Å². The van der Waals surface area contributed by atoms with Crippen molar-refractivity contribution in [3.8, 4) is 0 Å². The van der Waals surface area contributed by atoms with E-state index in [1.165, 1.54) is 0 Å². The molecule has 6 heteroatoms. The Labute approximate surface area is 126 Å². The topological polar surface area (TPSA) is 56.3 Å². The second-order valence-electron chi connectivity index (χ2n) is 5.82. The van der Waals surface area contributed by atoms with E-state index < -0.39 is 31.5 Å². The fraction of sp³-hybridized carbons (Fsp3) is 0.438. The highest BCUT2D eigenvalue weighted by atomic mass is 19.3. The Hall–Kier alpha value is -1.95. The molecule has 0 saturated carbocycles. The van der Waals surface area contributed by atoms with Crippen LogP contribution in [0.3, 0.4) is 0 Å². The number of aromatic nitrogens is 1. The fourth-order valence-electron chi connectivity index (χ4n) is 3.01. The number of hydrogen-bond acceptors (Lipinski definition) is 2. The van der Waals surface area contributed by atoms with Gasteiger partial charge in [0.25, 0.3) is 5.92 Å². The van der Waals surface area contributed by atoms with E-state index in [0.717, 1.165) is 21.4 Å². The summed E-state index contributed by atoms with van der Waals surface area (Å²) < 4.78 is 26.8. The van der Waals surface area contributed by atoms with E-state index in [0.29, 0.717) is 6.42 Å². The van der Waals surface area contributed by atoms with Gasteiger partial charge < -0.3 is 15.0 Å². The van der Waals surface area contributed by atoms with Gasteiger partial charge in [-0.1, -0.05) is 6.07 Å². The van der Waals surface area contributed by atoms with E-state index in [1.54, 1.807) is 0 Å². The Kier molecular flexibility index (Phi) is 3.87. The number of H-pyrrole nitrogens is 1. The van der Waals surface area contributed by atoms with Gasteiger partial charge in [-0.05, 0) is 35.6 Å². The van der Waals surface area contributed by atoms with Gasteiger partial charge in [-0.25, -0.2) is 8.78 Å². The number of alkyl halides is 2. The first kappa shape index (κ1) is 15.0. The normalized spacial score (nSPS) is 20.7. The third-order valence-electron chi connectivity index (χ3n) is 4.15. The number of aliphatic hydroxyl groups is 1. The summed E-state index contributed by atoms with van der Waals surface area (Å²) in [6, 6.07) is 7.03. The van der Waals surface area contributed by atoms with Crippen LogP contribution in [0.1, 0.15) is 18.4 Å². The molecule has 1 fully saturated rings. The first-order valence-corrected chi connectivity index (χ1v) is 7.33. The number of amides is 1. The van der Waals surface area contributed by atoms with Crippen LogP contribution in [0.25, 0.3) is 10.9 Å². The van der Waals surface area contributed by atoms with Crippen LogP contribution in [0.5, 0.6) is 0 Å². The van der Waals surface area contributed by atoms with Crippen LogP contribution in [-0.4, -0.2) is 46.0 Å². The smallest absolute Gasteiger partial charge is 0.267 e. The molecule has 22 heavy (non-hydrogen) atoms. The predicted molar refractivity (Wildman–Crippen MR) is 78.8 cm³/mol. The number of aryl methyl sites for hydroxylation is 1. The summed E-state index contributed by atoms with van der Waals surface area (Å²) in [7, 11) is 0. The second kappa shape index (κ2) is 5.68. The van der Waals surface area contributed by atoms with E-state index in [2.05, 4.69) is 4.98 Å².